The minimum Gasteiger partial charge on any atom is -0.466 e. The molecule has 0 bridgehead atoms. The van der Waals surface area contributed by atoms with E-state index in [1.807, 2.05) is 18.2 Å². The van der Waals surface area contributed by atoms with Crippen LogP contribution in [0.5, 0.6) is 11.5 Å². The van der Waals surface area contributed by atoms with Gasteiger partial charge in [-0.05, 0) is 36.6 Å². The lowest BCUT2D eigenvalue weighted by Crippen LogP contribution is -2.29. The Kier molecular flexibility index (Phi) is 7.33. The minimum absolute atomic E-state index is 0.135. The predicted octanol–water partition coefficient (Wildman–Crippen LogP) is 4.13. The summed E-state index contributed by atoms with van der Waals surface area (Å²) in [6, 6.07) is 5.53. The zero-order valence-corrected chi connectivity index (χ0v) is 17.4. The van der Waals surface area contributed by atoms with Crippen molar-refractivity contribution in [1.82, 2.24) is 4.90 Å². The molecule has 1 fully saturated rings. The van der Waals surface area contributed by atoms with E-state index in [0.29, 0.717) is 40.3 Å². The average molecular weight is 422 g/mol. The molecule has 0 spiro atoms. The van der Waals surface area contributed by atoms with Crippen LogP contribution in [0.25, 0.3) is 6.08 Å². The van der Waals surface area contributed by atoms with Crippen molar-refractivity contribution in [2.24, 2.45) is 0 Å². The largest absolute Gasteiger partial charge is 0.466 e. The standard InChI is InChI=1S/C20H23NO5S2/c1-2-3-4-10-24-18(22)6-5-9-21-19(23)17(28-20(21)27)12-14-7-8-15-16(11-14)26-13-25-15/h7-8,11-12H,2-6,9-10,13H2,1H3. The maximum atomic E-state index is 12.7. The fraction of sp³-hybridized carbons (Fsp3) is 0.450. The third-order valence-corrected chi connectivity index (χ3v) is 5.72. The number of hydrogen-bond acceptors (Lipinski definition) is 7. The van der Waals surface area contributed by atoms with E-state index in [4.69, 9.17) is 26.4 Å². The highest BCUT2D eigenvalue weighted by molar-refractivity contribution is 8.26. The molecule has 0 aromatic heterocycles. The molecule has 1 amide bonds. The van der Waals surface area contributed by atoms with Gasteiger partial charge in [0, 0.05) is 13.0 Å². The van der Waals surface area contributed by atoms with E-state index in [-0.39, 0.29) is 25.1 Å². The van der Waals surface area contributed by atoms with E-state index in [2.05, 4.69) is 6.92 Å². The summed E-state index contributed by atoms with van der Waals surface area (Å²) in [7, 11) is 0. The number of hydrogen-bond donors (Lipinski definition) is 0. The summed E-state index contributed by atoms with van der Waals surface area (Å²) < 4.78 is 16.4. The predicted molar refractivity (Wildman–Crippen MR) is 112 cm³/mol. The zero-order valence-electron chi connectivity index (χ0n) is 15.8. The molecule has 8 heteroatoms. The van der Waals surface area contributed by atoms with Crippen LogP contribution in [0.2, 0.25) is 0 Å². The molecule has 150 valence electrons. The van der Waals surface area contributed by atoms with Gasteiger partial charge in [-0.25, -0.2) is 0 Å². The fourth-order valence-corrected chi connectivity index (χ4v) is 4.15. The second kappa shape index (κ2) is 9.93. The SMILES string of the molecule is CCCCCOC(=O)CCCN1C(=O)C(=Cc2ccc3c(c2)OCO3)SC1=S. The van der Waals surface area contributed by atoms with Crippen LogP contribution < -0.4 is 9.47 Å². The first-order valence-corrected chi connectivity index (χ1v) is 10.6. The summed E-state index contributed by atoms with van der Waals surface area (Å²) in [5, 5.41) is 0. The summed E-state index contributed by atoms with van der Waals surface area (Å²) >= 11 is 6.60. The molecule has 0 aliphatic carbocycles. The summed E-state index contributed by atoms with van der Waals surface area (Å²) in [4.78, 5) is 26.5. The van der Waals surface area contributed by atoms with Crippen LogP contribution in [-0.2, 0) is 14.3 Å². The van der Waals surface area contributed by atoms with E-state index in [1.165, 1.54) is 11.8 Å². The highest BCUT2D eigenvalue weighted by Crippen LogP contribution is 2.36. The molecule has 2 aliphatic rings. The second-order valence-corrected chi connectivity index (χ2v) is 8.15. The first-order valence-electron chi connectivity index (χ1n) is 9.39. The van der Waals surface area contributed by atoms with Crippen molar-refractivity contribution in [3.8, 4) is 11.5 Å². The number of thiocarbonyl (C=S) groups is 1. The van der Waals surface area contributed by atoms with Gasteiger partial charge >= 0.3 is 5.97 Å². The van der Waals surface area contributed by atoms with Gasteiger partial charge in [0.05, 0.1) is 11.5 Å². The lowest BCUT2D eigenvalue weighted by atomic mass is 10.2. The highest BCUT2D eigenvalue weighted by Gasteiger charge is 2.31. The third kappa shape index (κ3) is 5.26. The van der Waals surface area contributed by atoms with Gasteiger partial charge in [0.2, 0.25) is 6.79 Å². The number of esters is 1. The Morgan fingerprint density at radius 2 is 2.11 bits per heavy atom. The molecule has 0 radical (unpaired) electrons. The molecule has 2 heterocycles. The van der Waals surface area contributed by atoms with Gasteiger partial charge in [0.1, 0.15) is 4.32 Å². The van der Waals surface area contributed by atoms with Gasteiger partial charge < -0.3 is 14.2 Å². The van der Waals surface area contributed by atoms with Crippen LogP contribution in [0.3, 0.4) is 0 Å². The number of unbranched alkanes of at least 4 members (excludes halogenated alkanes) is 2. The van der Waals surface area contributed by atoms with Crippen molar-refractivity contribution in [3.63, 3.8) is 0 Å². The van der Waals surface area contributed by atoms with Gasteiger partial charge in [-0.2, -0.15) is 0 Å². The number of carbonyl (C=O) groups excluding carboxylic acids is 2. The number of rotatable bonds is 9. The number of nitrogens with zero attached hydrogens (tertiary/aromatic N) is 1. The molecular formula is C20H23NO5S2. The van der Waals surface area contributed by atoms with Crippen molar-refractivity contribution in [1.29, 1.82) is 0 Å². The van der Waals surface area contributed by atoms with E-state index in [1.54, 1.807) is 11.0 Å². The molecule has 1 saturated heterocycles. The van der Waals surface area contributed by atoms with Crippen molar-refractivity contribution in [2.75, 3.05) is 19.9 Å². The molecule has 1 aromatic carbocycles. The summed E-state index contributed by atoms with van der Waals surface area (Å²) in [6.07, 6.45) is 5.64. The van der Waals surface area contributed by atoms with Crippen molar-refractivity contribution in [3.05, 3.63) is 28.7 Å². The number of amides is 1. The lowest BCUT2D eigenvalue weighted by molar-refractivity contribution is -0.144. The number of fused-ring (bicyclic) bond motifs is 1. The molecule has 2 aliphatic heterocycles. The topological polar surface area (TPSA) is 65.1 Å². The van der Waals surface area contributed by atoms with Crippen molar-refractivity contribution in [2.45, 2.75) is 39.0 Å². The monoisotopic (exact) mass is 421 g/mol. The minimum atomic E-state index is -0.225. The molecule has 0 atom stereocenters. The Bertz CT molecular complexity index is 793. The number of ether oxygens (including phenoxy) is 3. The van der Waals surface area contributed by atoms with Gasteiger partial charge in [-0.3, -0.25) is 14.5 Å². The molecule has 0 saturated carbocycles. The molecule has 28 heavy (non-hydrogen) atoms. The van der Waals surface area contributed by atoms with Crippen LogP contribution in [0, 0.1) is 0 Å². The van der Waals surface area contributed by atoms with E-state index < -0.39 is 0 Å². The molecule has 1 aromatic rings. The summed E-state index contributed by atoms with van der Waals surface area (Å²) in [6.45, 7) is 3.19. The Hall–Kier alpha value is -2.06. The summed E-state index contributed by atoms with van der Waals surface area (Å²) in [5.41, 5.74) is 0.848. The molecule has 6 nitrogen and oxygen atoms in total. The van der Waals surface area contributed by atoms with E-state index in [0.717, 1.165) is 24.8 Å². The quantitative estimate of drug-likeness (QED) is 0.257. The smallest absolute Gasteiger partial charge is 0.305 e. The average Bonchev–Trinajstić information content (AvgIpc) is 3.24. The molecule has 3 rings (SSSR count). The summed E-state index contributed by atoms with van der Waals surface area (Å²) in [5.74, 6) is 1.01. The first kappa shape index (κ1) is 20.7. The molecular weight excluding hydrogens is 398 g/mol. The number of carbonyl (C=O) groups is 2. The van der Waals surface area contributed by atoms with Crippen LogP contribution in [0.4, 0.5) is 0 Å². The maximum Gasteiger partial charge on any atom is 0.305 e. The van der Waals surface area contributed by atoms with Crippen LogP contribution >= 0.6 is 24.0 Å². The number of benzene rings is 1. The van der Waals surface area contributed by atoms with Gasteiger partial charge in [-0.1, -0.05) is 49.8 Å². The highest BCUT2D eigenvalue weighted by atomic mass is 32.2. The number of thioether (sulfide) groups is 1. The third-order valence-electron chi connectivity index (χ3n) is 4.34. The second-order valence-electron chi connectivity index (χ2n) is 6.48. The Morgan fingerprint density at radius 3 is 2.93 bits per heavy atom. The maximum absolute atomic E-state index is 12.7. The first-order chi connectivity index (χ1) is 13.6. The van der Waals surface area contributed by atoms with E-state index >= 15 is 0 Å². The Labute approximate surface area is 174 Å². The Balaban J connectivity index is 1.50. The molecule has 0 unspecified atom stereocenters. The van der Waals surface area contributed by atoms with Crippen molar-refractivity contribution < 1.29 is 23.8 Å². The van der Waals surface area contributed by atoms with Crippen molar-refractivity contribution >= 4 is 46.3 Å². The van der Waals surface area contributed by atoms with Gasteiger partial charge in [0.15, 0.2) is 11.5 Å². The lowest BCUT2D eigenvalue weighted by Gasteiger charge is -2.13. The van der Waals surface area contributed by atoms with Crippen LogP contribution in [0.1, 0.15) is 44.6 Å². The Morgan fingerprint density at radius 1 is 1.29 bits per heavy atom. The van der Waals surface area contributed by atoms with Gasteiger partial charge in [-0.15, -0.1) is 0 Å². The van der Waals surface area contributed by atoms with Gasteiger partial charge in [0.25, 0.3) is 5.91 Å². The zero-order chi connectivity index (χ0) is 19.9. The normalized spacial score (nSPS) is 16.9. The van der Waals surface area contributed by atoms with Crippen LogP contribution in [0.15, 0.2) is 23.1 Å². The van der Waals surface area contributed by atoms with E-state index in [9.17, 15) is 9.59 Å². The fourth-order valence-electron chi connectivity index (χ4n) is 2.84. The molecule has 0 N–H and O–H groups in total. The van der Waals surface area contributed by atoms with Crippen LogP contribution in [-0.4, -0.2) is 41.0 Å².